The molecule has 0 saturated heterocycles. The molecule has 2 aliphatic carbocycles. The van der Waals surface area contributed by atoms with E-state index in [1.807, 2.05) is 54.6 Å². The van der Waals surface area contributed by atoms with Gasteiger partial charge < -0.3 is 30.0 Å². The van der Waals surface area contributed by atoms with Crippen molar-refractivity contribution in [3.63, 3.8) is 0 Å². The molecule has 0 amide bonds. The predicted molar refractivity (Wildman–Crippen MR) is 191 cm³/mol. The van der Waals surface area contributed by atoms with Crippen molar-refractivity contribution in [2.45, 2.75) is 30.7 Å². The molecular formula is C41H42N2O6. The van der Waals surface area contributed by atoms with Crippen LogP contribution in [0.25, 0.3) is 0 Å². The summed E-state index contributed by atoms with van der Waals surface area (Å²) in [7, 11) is 3.28. The number of nitrogens with one attached hydrogen (secondary N) is 2. The average Bonchev–Trinajstić information content (AvgIpc) is 3.16. The highest BCUT2D eigenvalue weighted by atomic mass is 16.7. The number of ketones is 2. The Kier molecular flexibility index (Phi) is 10.5. The minimum atomic E-state index is -0.899. The maximum absolute atomic E-state index is 14.0. The quantitative estimate of drug-likeness (QED) is 0.0825. The van der Waals surface area contributed by atoms with Crippen LogP contribution >= 0.6 is 0 Å². The lowest BCUT2D eigenvalue weighted by Crippen LogP contribution is -2.38. The highest BCUT2D eigenvalue weighted by Gasteiger charge is 2.41. The van der Waals surface area contributed by atoms with Crippen LogP contribution in [0, 0.1) is 0 Å². The molecule has 0 fully saturated rings. The van der Waals surface area contributed by atoms with E-state index >= 15 is 0 Å². The summed E-state index contributed by atoms with van der Waals surface area (Å²) in [5.41, 5.74) is 4.78. The lowest BCUT2D eigenvalue weighted by atomic mass is 9.77. The topological polar surface area (TPSA) is 106 Å². The number of carbonyl (C=O) groups is 2. The van der Waals surface area contributed by atoms with Gasteiger partial charge in [0, 0.05) is 62.8 Å². The van der Waals surface area contributed by atoms with Gasteiger partial charge in [0.15, 0.2) is 17.4 Å². The largest absolute Gasteiger partial charge is 0.396 e. The van der Waals surface area contributed by atoms with Crippen molar-refractivity contribution >= 4 is 22.9 Å². The van der Waals surface area contributed by atoms with Crippen molar-refractivity contribution < 1.29 is 28.9 Å². The highest BCUT2D eigenvalue weighted by molar-refractivity contribution is 6.31. The molecule has 0 radical (unpaired) electrons. The van der Waals surface area contributed by atoms with Crippen LogP contribution in [-0.4, -0.2) is 63.0 Å². The van der Waals surface area contributed by atoms with Gasteiger partial charge in [-0.1, -0.05) is 97.1 Å². The summed E-state index contributed by atoms with van der Waals surface area (Å²) in [5, 5.41) is 15.9. The van der Waals surface area contributed by atoms with Gasteiger partial charge in [0.05, 0.1) is 17.7 Å². The Morgan fingerprint density at radius 2 is 1.27 bits per heavy atom. The van der Waals surface area contributed by atoms with Crippen molar-refractivity contribution in [2.24, 2.45) is 0 Å². The van der Waals surface area contributed by atoms with Gasteiger partial charge in [-0.15, -0.1) is 0 Å². The van der Waals surface area contributed by atoms with Crippen LogP contribution in [0.15, 0.2) is 121 Å². The lowest BCUT2D eigenvalue weighted by molar-refractivity contribution is -0.168. The molecule has 8 nitrogen and oxygen atoms in total. The molecule has 2 aliphatic rings. The van der Waals surface area contributed by atoms with E-state index in [1.165, 1.54) is 0 Å². The molecule has 0 heterocycles. The van der Waals surface area contributed by atoms with Gasteiger partial charge in [-0.25, -0.2) is 0 Å². The molecule has 4 aromatic rings. The molecule has 0 atom stereocenters. The van der Waals surface area contributed by atoms with Crippen molar-refractivity contribution in [2.75, 3.05) is 51.2 Å². The van der Waals surface area contributed by atoms with E-state index in [9.17, 15) is 14.7 Å². The minimum Gasteiger partial charge on any atom is -0.396 e. The van der Waals surface area contributed by atoms with Crippen LogP contribution < -0.4 is 10.6 Å². The number of aliphatic hydroxyl groups excluding tert-OH is 1. The first-order valence-electron chi connectivity index (χ1n) is 16.7. The number of benzene rings is 4. The van der Waals surface area contributed by atoms with E-state index in [0.29, 0.717) is 72.6 Å². The maximum atomic E-state index is 14.0. The molecule has 8 heteroatoms. The third kappa shape index (κ3) is 6.60. The second-order valence-electron chi connectivity index (χ2n) is 12.1. The molecule has 0 bridgehead atoms. The Morgan fingerprint density at radius 1 is 0.714 bits per heavy atom. The number of anilines is 2. The number of hydrogen-bond acceptors (Lipinski definition) is 8. The standard InChI is InChI=1S/C41H42N2O6/c1-47-40(48-2)23-21-31(22-24-40)41(29-13-5-3-6-14-29,30-15-7-4-8-16-30)49-28-12-26-43-35-20-10-18-33-37(35)39(46)36-32(38(33)45)17-9-19-34(36)42-25-11-27-44/h3-10,13-23,42-44H,11-12,24-28H2,1-2H3. The fourth-order valence-corrected chi connectivity index (χ4v) is 6.71. The lowest BCUT2D eigenvalue weighted by Gasteiger charge is -2.39. The molecule has 0 spiro atoms. The van der Waals surface area contributed by atoms with Gasteiger partial charge >= 0.3 is 0 Å². The zero-order valence-electron chi connectivity index (χ0n) is 27.9. The smallest absolute Gasteiger partial charge is 0.198 e. The fraction of sp³-hybridized carbons (Fsp3) is 0.268. The van der Waals surface area contributed by atoms with E-state index < -0.39 is 11.4 Å². The third-order valence-electron chi connectivity index (χ3n) is 9.26. The van der Waals surface area contributed by atoms with Crippen LogP contribution in [0.2, 0.25) is 0 Å². The molecular weight excluding hydrogens is 616 g/mol. The monoisotopic (exact) mass is 658 g/mol. The first-order chi connectivity index (χ1) is 24.0. The predicted octanol–water partition coefficient (Wildman–Crippen LogP) is 6.89. The Morgan fingerprint density at radius 3 is 1.76 bits per heavy atom. The number of aliphatic hydroxyl groups is 1. The molecule has 0 aromatic heterocycles. The molecule has 252 valence electrons. The number of rotatable bonds is 15. The highest BCUT2D eigenvalue weighted by Crippen LogP contribution is 2.44. The van der Waals surface area contributed by atoms with Crippen LogP contribution in [-0.2, 0) is 19.8 Å². The SMILES string of the molecule is COC1(OC)C=CC(C(OCCCNc2cccc3c2C(=O)c2c(NCCCO)cccc2C3=O)(c2ccccc2)c2ccccc2)=CC1. The third-order valence-corrected chi connectivity index (χ3v) is 9.26. The zero-order valence-corrected chi connectivity index (χ0v) is 27.9. The summed E-state index contributed by atoms with van der Waals surface area (Å²) in [5.74, 6) is -1.23. The van der Waals surface area contributed by atoms with E-state index in [4.69, 9.17) is 14.2 Å². The summed E-state index contributed by atoms with van der Waals surface area (Å²) < 4.78 is 18.4. The van der Waals surface area contributed by atoms with E-state index in [-0.39, 0.29) is 18.2 Å². The van der Waals surface area contributed by atoms with Crippen molar-refractivity contribution in [1.29, 1.82) is 0 Å². The summed E-state index contributed by atoms with van der Waals surface area (Å²) in [6.45, 7) is 1.42. The Balaban J connectivity index is 1.24. The number of methoxy groups -OCH3 is 2. The second-order valence-corrected chi connectivity index (χ2v) is 12.1. The van der Waals surface area contributed by atoms with Crippen LogP contribution in [0.1, 0.15) is 62.2 Å². The number of carbonyl (C=O) groups excluding carboxylic acids is 2. The van der Waals surface area contributed by atoms with Crippen molar-refractivity contribution in [3.8, 4) is 0 Å². The molecule has 0 aliphatic heterocycles. The summed E-state index contributed by atoms with van der Waals surface area (Å²) in [6.07, 6.45) is 7.76. The molecule has 0 saturated carbocycles. The van der Waals surface area contributed by atoms with Crippen LogP contribution in [0.3, 0.4) is 0 Å². The fourth-order valence-electron chi connectivity index (χ4n) is 6.71. The van der Waals surface area contributed by atoms with Crippen molar-refractivity contribution in [1.82, 2.24) is 0 Å². The van der Waals surface area contributed by atoms with E-state index in [0.717, 1.165) is 16.7 Å². The zero-order chi connectivity index (χ0) is 34.3. The van der Waals surface area contributed by atoms with E-state index in [2.05, 4.69) is 41.0 Å². The molecule has 6 rings (SSSR count). The number of fused-ring (bicyclic) bond motifs is 2. The molecule has 0 unspecified atom stereocenters. The normalized spacial score (nSPS) is 15.0. The Labute approximate surface area is 287 Å². The van der Waals surface area contributed by atoms with Gasteiger partial charge in [-0.2, -0.15) is 0 Å². The second kappa shape index (κ2) is 15.1. The molecule has 4 aromatic carbocycles. The summed E-state index contributed by atoms with van der Waals surface area (Å²) in [6, 6.07) is 31.0. The van der Waals surface area contributed by atoms with Crippen LogP contribution in [0.5, 0.6) is 0 Å². The number of hydrogen-bond donors (Lipinski definition) is 3. The average molecular weight is 659 g/mol. The van der Waals surface area contributed by atoms with Gasteiger partial charge in [-0.05, 0) is 47.8 Å². The molecule has 3 N–H and O–H groups in total. The first kappa shape index (κ1) is 34.0. The first-order valence-corrected chi connectivity index (χ1v) is 16.7. The summed E-state index contributed by atoms with van der Waals surface area (Å²) in [4.78, 5) is 27.6. The van der Waals surface area contributed by atoms with Gasteiger partial charge in [0.25, 0.3) is 0 Å². The Bertz CT molecular complexity index is 1810. The number of ether oxygens (including phenoxy) is 3. The molecule has 49 heavy (non-hydrogen) atoms. The minimum absolute atomic E-state index is 0.0317. The van der Waals surface area contributed by atoms with E-state index in [1.54, 1.807) is 44.6 Å². The maximum Gasteiger partial charge on any atom is 0.198 e. The van der Waals surface area contributed by atoms with Crippen molar-refractivity contribution in [3.05, 3.63) is 154 Å². The Hall–Kier alpha value is -4.86. The van der Waals surface area contributed by atoms with Gasteiger partial charge in [0.2, 0.25) is 0 Å². The van der Waals surface area contributed by atoms with Gasteiger partial charge in [0.1, 0.15) is 5.60 Å². The summed E-state index contributed by atoms with van der Waals surface area (Å²) >= 11 is 0. The van der Waals surface area contributed by atoms with Crippen LogP contribution in [0.4, 0.5) is 11.4 Å². The van der Waals surface area contributed by atoms with Gasteiger partial charge in [-0.3, -0.25) is 9.59 Å².